The first-order valence-electron chi connectivity index (χ1n) is 9.53. The number of carbonyl (C=O) groups excluding carboxylic acids is 1. The van der Waals surface area contributed by atoms with Crippen LogP contribution in [-0.4, -0.2) is 33.9 Å². The van der Waals surface area contributed by atoms with Crippen LogP contribution in [0.5, 0.6) is 0 Å². The fourth-order valence-electron chi connectivity index (χ4n) is 3.65. The van der Waals surface area contributed by atoms with E-state index in [-0.39, 0.29) is 5.91 Å². The van der Waals surface area contributed by atoms with Crippen molar-refractivity contribution in [2.45, 2.75) is 18.8 Å². The van der Waals surface area contributed by atoms with Crippen molar-refractivity contribution < 1.29 is 4.79 Å². The summed E-state index contributed by atoms with van der Waals surface area (Å²) in [7, 11) is 0. The van der Waals surface area contributed by atoms with E-state index in [4.69, 9.17) is 16.6 Å². The molecule has 1 saturated heterocycles. The molecule has 0 spiro atoms. The number of hydrogen-bond donors (Lipinski definition) is 0. The van der Waals surface area contributed by atoms with Gasteiger partial charge in [-0.15, -0.1) is 22.7 Å². The fraction of sp³-hybridized carbons (Fsp3) is 0.227. The summed E-state index contributed by atoms with van der Waals surface area (Å²) in [4.78, 5) is 24.2. The summed E-state index contributed by atoms with van der Waals surface area (Å²) in [5.74, 6) is 0.445. The molecule has 0 radical (unpaired) electrons. The second-order valence-corrected chi connectivity index (χ2v) is 9.49. The standard InChI is InChI=1S/C22H18ClN3OS2/c23-16-7-5-14(6-8-16)20-25-18(13-28-20)22(27)26-11-9-15(10-12-26)21-24-17-3-1-2-4-19(17)29-21/h1-8,13,15H,9-12H2. The average molecular weight is 440 g/mol. The van der Waals surface area contributed by atoms with Gasteiger partial charge in [-0.2, -0.15) is 0 Å². The van der Waals surface area contributed by atoms with Crippen molar-refractivity contribution in [1.29, 1.82) is 0 Å². The lowest BCUT2D eigenvalue weighted by Crippen LogP contribution is -2.38. The molecule has 1 aliphatic heterocycles. The van der Waals surface area contributed by atoms with Crippen LogP contribution in [0.15, 0.2) is 53.9 Å². The minimum Gasteiger partial charge on any atom is -0.337 e. The Balaban J connectivity index is 1.26. The first-order chi connectivity index (χ1) is 14.2. The van der Waals surface area contributed by atoms with E-state index in [1.54, 1.807) is 11.3 Å². The quantitative estimate of drug-likeness (QED) is 0.388. The van der Waals surface area contributed by atoms with Gasteiger partial charge in [0.1, 0.15) is 10.7 Å². The molecule has 1 amide bonds. The van der Waals surface area contributed by atoms with Gasteiger partial charge in [-0.05, 0) is 37.1 Å². The molecule has 0 bridgehead atoms. The third-order valence-electron chi connectivity index (χ3n) is 5.26. The second kappa shape index (κ2) is 7.86. The molecule has 2 aromatic heterocycles. The van der Waals surface area contributed by atoms with Crippen LogP contribution in [0.2, 0.25) is 5.02 Å². The molecule has 0 aliphatic carbocycles. The molecule has 1 aliphatic rings. The lowest BCUT2D eigenvalue weighted by atomic mass is 9.97. The minimum absolute atomic E-state index is 0.0178. The van der Waals surface area contributed by atoms with Crippen molar-refractivity contribution in [3.63, 3.8) is 0 Å². The molecule has 0 saturated carbocycles. The van der Waals surface area contributed by atoms with Crippen LogP contribution in [0.4, 0.5) is 0 Å². The van der Waals surface area contributed by atoms with Gasteiger partial charge in [0.05, 0.1) is 15.2 Å². The number of fused-ring (bicyclic) bond motifs is 1. The summed E-state index contributed by atoms with van der Waals surface area (Å²) in [5.41, 5.74) is 2.58. The Morgan fingerprint density at radius 3 is 2.55 bits per heavy atom. The van der Waals surface area contributed by atoms with Crippen LogP contribution in [0, 0.1) is 0 Å². The maximum atomic E-state index is 12.9. The maximum absolute atomic E-state index is 12.9. The predicted octanol–water partition coefficient (Wildman–Crippen LogP) is 6.09. The zero-order valence-corrected chi connectivity index (χ0v) is 17.9. The van der Waals surface area contributed by atoms with Gasteiger partial charge < -0.3 is 4.90 Å². The van der Waals surface area contributed by atoms with Crippen molar-refractivity contribution in [1.82, 2.24) is 14.9 Å². The molecule has 0 N–H and O–H groups in total. The summed E-state index contributed by atoms with van der Waals surface area (Å²) in [6.45, 7) is 1.49. The average Bonchev–Trinajstić information content (AvgIpc) is 3.41. The summed E-state index contributed by atoms with van der Waals surface area (Å²) in [6, 6.07) is 15.8. The smallest absolute Gasteiger partial charge is 0.273 e. The highest BCUT2D eigenvalue weighted by Crippen LogP contribution is 2.34. The van der Waals surface area contributed by atoms with E-state index in [9.17, 15) is 4.79 Å². The van der Waals surface area contributed by atoms with Gasteiger partial charge in [-0.3, -0.25) is 4.79 Å². The molecular formula is C22H18ClN3OS2. The monoisotopic (exact) mass is 439 g/mol. The van der Waals surface area contributed by atoms with E-state index in [2.05, 4.69) is 23.2 Å². The number of rotatable bonds is 3. The number of hydrogen-bond acceptors (Lipinski definition) is 5. The number of piperidine rings is 1. The Morgan fingerprint density at radius 2 is 1.79 bits per heavy atom. The van der Waals surface area contributed by atoms with Crippen LogP contribution < -0.4 is 0 Å². The van der Waals surface area contributed by atoms with Gasteiger partial charge >= 0.3 is 0 Å². The molecule has 2 aromatic carbocycles. The van der Waals surface area contributed by atoms with Crippen molar-refractivity contribution in [2.75, 3.05) is 13.1 Å². The highest BCUT2D eigenvalue weighted by atomic mass is 35.5. The number of carbonyl (C=O) groups is 1. The Morgan fingerprint density at radius 1 is 1.03 bits per heavy atom. The lowest BCUT2D eigenvalue weighted by Gasteiger charge is -2.30. The normalized spacial score (nSPS) is 15.1. The summed E-state index contributed by atoms with van der Waals surface area (Å²) in [5, 5.41) is 4.58. The number of nitrogens with zero attached hydrogens (tertiary/aromatic N) is 3. The lowest BCUT2D eigenvalue weighted by molar-refractivity contribution is 0.0708. The zero-order chi connectivity index (χ0) is 19.8. The first-order valence-corrected chi connectivity index (χ1v) is 11.6. The highest BCUT2D eigenvalue weighted by Gasteiger charge is 2.27. The second-order valence-electron chi connectivity index (χ2n) is 7.13. The summed E-state index contributed by atoms with van der Waals surface area (Å²) < 4.78 is 1.23. The molecule has 4 nitrogen and oxygen atoms in total. The molecule has 3 heterocycles. The van der Waals surface area contributed by atoms with Crippen LogP contribution >= 0.6 is 34.3 Å². The molecular weight excluding hydrogens is 422 g/mol. The number of para-hydroxylation sites is 1. The largest absolute Gasteiger partial charge is 0.337 e. The number of halogens is 1. The van der Waals surface area contributed by atoms with E-state index in [0.717, 1.165) is 42.0 Å². The molecule has 1 fully saturated rings. The zero-order valence-electron chi connectivity index (χ0n) is 15.5. The summed E-state index contributed by atoms with van der Waals surface area (Å²) in [6.07, 6.45) is 1.89. The fourth-order valence-corrected chi connectivity index (χ4v) is 5.72. The first kappa shape index (κ1) is 18.7. The topological polar surface area (TPSA) is 46.1 Å². The Bertz CT molecular complexity index is 1130. The van der Waals surface area contributed by atoms with Crippen molar-refractivity contribution in [2.24, 2.45) is 0 Å². The number of thiazole rings is 2. The van der Waals surface area contributed by atoms with E-state index in [1.807, 2.05) is 40.6 Å². The van der Waals surface area contributed by atoms with Crippen LogP contribution in [0.25, 0.3) is 20.8 Å². The molecule has 5 rings (SSSR count). The van der Waals surface area contributed by atoms with Crippen molar-refractivity contribution in [3.8, 4) is 10.6 Å². The number of likely N-dealkylation sites (tertiary alicyclic amines) is 1. The minimum atomic E-state index is 0.0178. The van der Waals surface area contributed by atoms with Gasteiger partial charge in [-0.1, -0.05) is 35.9 Å². The van der Waals surface area contributed by atoms with E-state index >= 15 is 0 Å². The van der Waals surface area contributed by atoms with Gasteiger partial charge in [0.2, 0.25) is 0 Å². The molecule has 4 aromatic rings. The molecule has 146 valence electrons. The number of aromatic nitrogens is 2. The SMILES string of the molecule is O=C(c1csc(-c2ccc(Cl)cc2)n1)N1CCC(c2nc3ccccc3s2)CC1. The molecule has 0 atom stereocenters. The highest BCUT2D eigenvalue weighted by molar-refractivity contribution is 7.18. The van der Waals surface area contributed by atoms with Gasteiger partial charge in [0.15, 0.2) is 0 Å². The molecule has 29 heavy (non-hydrogen) atoms. The van der Waals surface area contributed by atoms with E-state index in [1.165, 1.54) is 21.0 Å². The number of amides is 1. The van der Waals surface area contributed by atoms with Gasteiger partial charge in [0.25, 0.3) is 5.91 Å². The van der Waals surface area contributed by atoms with Gasteiger partial charge in [-0.25, -0.2) is 9.97 Å². The van der Waals surface area contributed by atoms with E-state index in [0.29, 0.717) is 16.6 Å². The summed E-state index contributed by atoms with van der Waals surface area (Å²) >= 11 is 9.22. The molecule has 0 unspecified atom stereocenters. The van der Waals surface area contributed by atoms with E-state index < -0.39 is 0 Å². The van der Waals surface area contributed by atoms with Crippen LogP contribution in [0.1, 0.15) is 34.3 Å². The van der Waals surface area contributed by atoms with Crippen LogP contribution in [-0.2, 0) is 0 Å². The maximum Gasteiger partial charge on any atom is 0.273 e. The Kier molecular flexibility index (Phi) is 5.08. The Labute approximate surface area is 181 Å². The third-order valence-corrected chi connectivity index (χ3v) is 7.60. The predicted molar refractivity (Wildman–Crippen MR) is 120 cm³/mol. The Hall–Kier alpha value is -2.28. The van der Waals surface area contributed by atoms with Gasteiger partial charge in [0, 0.05) is 35.0 Å². The van der Waals surface area contributed by atoms with Crippen molar-refractivity contribution in [3.05, 3.63) is 69.6 Å². The van der Waals surface area contributed by atoms with Crippen molar-refractivity contribution >= 4 is 50.4 Å². The third kappa shape index (κ3) is 3.80. The van der Waals surface area contributed by atoms with Crippen LogP contribution in [0.3, 0.4) is 0 Å². The molecule has 7 heteroatoms. The number of benzene rings is 2.